The van der Waals surface area contributed by atoms with Crippen molar-refractivity contribution in [2.75, 3.05) is 6.54 Å². The number of piperidine rings is 1. The summed E-state index contributed by atoms with van der Waals surface area (Å²) in [5, 5.41) is 9.72. The van der Waals surface area contributed by atoms with Crippen molar-refractivity contribution in [1.82, 2.24) is 4.90 Å². The molecule has 17 heavy (non-hydrogen) atoms. The van der Waals surface area contributed by atoms with Crippen molar-refractivity contribution in [3.63, 3.8) is 0 Å². The minimum absolute atomic E-state index is 0.0181. The van der Waals surface area contributed by atoms with E-state index in [4.69, 9.17) is 0 Å². The molecule has 0 spiro atoms. The lowest BCUT2D eigenvalue weighted by molar-refractivity contribution is -0.137. The maximum Gasteiger partial charge on any atom is 0.223 e. The van der Waals surface area contributed by atoms with E-state index in [2.05, 4.69) is 19.9 Å². The summed E-state index contributed by atoms with van der Waals surface area (Å²) in [6.45, 7) is 7.23. The molecule has 3 nitrogen and oxygen atoms in total. The second-order valence-electron chi connectivity index (χ2n) is 6.49. The Morgan fingerprint density at radius 3 is 2.76 bits per heavy atom. The highest BCUT2D eigenvalue weighted by Crippen LogP contribution is 2.75. The van der Waals surface area contributed by atoms with Crippen LogP contribution in [0.3, 0.4) is 0 Å². The van der Waals surface area contributed by atoms with Gasteiger partial charge in [-0.1, -0.05) is 20.8 Å². The standard InChI is InChI=1S/C14H20N2O/c1-4-11(17)16-9-12(2)10-5-6-13(12,3)14(16,7-10)8-15/h10H,4-7,9H2,1-3H3/t10-,12-,13+,14-/m1/s1. The van der Waals surface area contributed by atoms with Crippen LogP contribution < -0.4 is 0 Å². The highest BCUT2D eigenvalue weighted by molar-refractivity contribution is 5.79. The van der Waals surface area contributed by atoms with Crippen LogP contribution in [-0.2, 0) is 4.79 Å². The molecule has 1 heterocycles. The topological polar surface area (TPSA) is 44.1 Å². The summed E-state index contributed by atoms with van der Waals surface area (Å²) in [4.78, 5) is 14.0. The Labute approximate surface area is 103 Å². The number of likely N-dealkylation sites (tertiary alicyclic amines) is 1. The molecule has 0 aromatic rings. The molecule has 1 saturated heterocycles. The van der Waals surface area contributed by atoms with Crippen molar-refractivity contribution in [3.8, 4) is 6.07 Å². The van der Waals surface area contributed by atoms with E-state index < -0.39 is 5.54 Å². The maximum atomic E-state index is 12.1. The van der Waals surface area contributed by atoms with E-state index in [1.165, 1.54) is 6.42 Å². The molecule has 92 valence electrons. The maximum absolute atomic E-state index is 12.1. The van der Waals surface area contributed by atoms with Crippen molar-refractivity contribution in [2.45, 2.75) is 52.0 Å². The zero-order chi connectivity index (χ0) is 12.5. The van der Waals surface area contributed by atoms with E-state index in [-0.39, 0.29) is 16.7 Å². The van der Waals surface area contributed by atoms with E-state index >= 15 is 0 Å². The van der Waals surface area contributed by atoms with E-state index in [1.54, 1.807) is 0 Å². The van der Waals surface area contributed by atoms with Gasteiger partial charge in [0, 0.05) is 18.4 Å². The molecule has 1 aliphatic heterocycles. The van der Waals surface area contributed by atoms with E-state index in [0.717, 1.165) is 19.4 Å². The van der Waals surface area contributed by atoms with Gasteiger partial charge in [0.25, 0.3) is 0 Å². The van der Waals surface area contributed by atoms with Crippen LogP contribution in [0.1, 0.15) is 46.5 Å². The predicted molar refractivity (Wildman–Crippen MR) is 63.9 cm³/mol. The van der Waals surface area contributed by atoms with Crippen LogP contribution in [0, 0.1) is 28.1 Å². The SMILES string of the molecule is CCC(=O)N1C[C@]2(C)[C@@H]3CC[C@]2(C)[C@]1(C#N)C3. The third-order valence-electron chi connectivity index (χ3n) is 6.34. The highest BCUT2D eigenvalue weighted by atomic mass is 16.2. The third kappa shape index (κ3) is 0.863. The van der Waals surface area contributed by atoms with Gasteiger partial charge in [-0.25, -0.2) is 0 Å². The first kappa shape index (κ1) is 11.1. The largest absolute Gasteiger partial charge is 0.323 e. The molecule has 0 N–H and O–H groups in total. The minimum Gasteiger partial charge on any atom is -0.323 e. The molecule has 0 radical (unpaired) electrons. The number of nitriles is 1. The molecule has 4 bridgehead atoms. The summed E-state index contributed by atoms with van der Waals surface area (Å²) >= 11 is 0. The van der Waals surface area contributed by atoms with E-state index in [9.17, 15) is 10.1 Å². The lowest BCUT2D eigenvalue weighted by Gasteiger charge is -2.43. The fourth-order valence-corrected chi connectivity index (χ4v) is 5.00. The molecule has 4 atom stereocenters. The number of carbonyl (C=O) groups excluding carboxylic acids is 1. The molecule has 0 aromatic heterocycles. The van der Waals surface area contributed by atoms with Crippen LogP contribution in [0.25, 0.3) is 0 Å². The first-order valence-electron chi connectivity index (χ1n) is 6.67. The van der Waals surface area contributed by atoms with E-state index in [0.29, 0.717) is 12.3 Å². The lowest BCUT2D eigenvalue weighted by atomic mass is 9.66. The van der Waals surface area contributed by atoms with E-state index in [1.807, 2.05) is 11.8 Å². The Hall–Kier alpha value is -1.04. The zero-order valence-electron chi connectivity index (χ0n) is 10.9. The van der Waals surface area contributed by atoms with Crippen LogP contribution >= 0.6 is 0 Å². The number of hydrogen-bond acceptors (Lipinski definition) is 2. The van der Waals surface area contributed by atoms with Gasteiger partial charge in [-0.05, 0) is 30.6 Å². The molecule has 2 aliphatic carbocycles. The fraction of sp³-hybridized carbons (Fsp3) is 0.857. The Morgan fingerprint density at radius 1 is 1.53 bits per heavy atom. The van der Waals surface area contributed by atoms with Crippen molar-refractivity contribution in [1.29, 1.82) is 5.26 Å². The minimum atomic E-state index is -0.502. The Balaban J connectivity index is 2.13. The van der Waals surface area contributed by atoms with Crippen molar-refractivity contribution < 1.29 is 4.79 Å². The molecule has 0 aromatic carbocycles. The summed E-state index contributed by atoms with van der Waals surface area (Å²) in [5.74, 6) is 0.801. The molecule has 3 aliphatic rings. The van der Waals surface area contributed by atoms with Gasteiger partial charge in [0.2, 0.25) is 5.91 Å². The average Bonchev–Trinajstić information content (AvgIpc) is 2.78. The van der Waals surface area contributed by atoms with Crippen LogP contribution in [-0.4, -0.2) is 22.9 Å². The molecule has 0 unspecified atom stereocenters. The second kappa shape index (κ2) is 2.85. The quantitative estimate of drug-likeness (QED) is 0.696. The first-order valence-corrected chi connectivity index (χ1v) is 6.67. The summed E-state index contributed by atoms with van der Waals surface area (Å²) in [5.41, 5.74) is -0.310. The number of nitrogens with zero attached hydrogens (tertiary/aromatic N) is 2. The Kier molecular flexibility index (Phi) is 1.86. The average molecular weight is 232 g/mol. The number of rotatable bonds is 1. The third-order valence-corrected chi connectivity index (χ3v) is 6.34. The summed E-state index contributed by atoms with van der Waals surface area (Å²) < 4.78 is 0. The summed E-state index contributed by atoms with van der Waals surface area (Å²) in [7, 11) is 0. The first-order chi connectivity index (χ1) is 7.95. The molecule has 3 rings (SSSR count). The van der Waals surface area contributed by atoms with Crippen molar-refractivity contribution in [3.05, 3.63) is 0 Å². The van der Waals surface area contributed by atoms with Gasteiger partial charge in [0.15, 0.2) is 0 Å². The van der Waals surface area contributed by atoms with Crippen LogP contribution in [0.5, 0.6) is 0 Å². The second-order valence-corrected chi connectivity index (χ2v) is 6.49. The predicted octanol–water partition coefficient (Wildman–Crippen LogP) is 2.33. The van der Waals surface area contributed by atoms with Gasteiger partial charge in [-0.3, -0.25) is 4.79 Å². The Morgan fingerprint density at radius 2 is 2.24 bits per heavy atom. The van der Waals surface area contributed by atoms with Gasteiger partial charge in [-0.15, -0.1) is 0 Å². The monoisotopic (exact) mass is 232 g/mol. The van der Waals surface area contributed by atoms with Gasteiger partial charge >= 0.3 is 0 Å². The number of amides is 1. The van der Waals surface area contributed by atoms with Crippen molar-refractivity contribution in [2.24, 2.45) is 16.7 Å². The molecule has 3 fully saturated rings. The van der Waals surface area contributed by atoms with Crippen molar-refractivity contribution >= 4 is 5.91 Å². The molecule has 1 amide bonds. The number of carbonyl (C=O) groups is 1. The normalized spacial score (nSPS) is 50.7. The lowest BCUT2D eigenvalue weighted by Crippen LogP contribution is -2.54. The summed E-state index contributed by atoms with van der Waals surface area (Å²) in [6, 6.07) is 2.54. The summed E-state index contributed by atoms with van der Waals surface area (Å²) in [6.07, 6.45) is 3.77. The number of hydrogen-bond donors (Lipinski definition) is 0. The molecule has 3 heteroatoms. The fourth-order valence-electron chi connectivity index (χ4n) is 5.00. The molecular formula is C14H20N2O. The van der Waals surface area contributed by atoms with Gasteiger partial charge in [0.05, 0.1) is 6.07 Å². The smallest absolute Gasteiger partial charge is 0.223 e. The van der Waals surface area contributed by atoms with Gasteiger partial charge in [-0.2, -0.15) is 5.26 Å². The van der Waals surface area contributed by atoms with Crippen LogP contribution in [0.2, 0.25) is 0 Å². The van der Waals surface area contributed by atoms with Gasteiger partial charge < -0.3 is 4.90 Å². The highest BCUT2D eigenvalue weighted by Gasteiger charge is 2.78. The molecule has 2 saturated carbocycles. The van der Waals surface area contributed by atoms with Crippen LogP contribution in [0.4, 0.5) is 0 Å². The molecular weight excluding hydrogens is 212 g/mol. The van der Waals surface area contributed by atoms with Gasteiger partial charge in [0.1, 0.15) is 5.54 Å². The van der Waals surface area contributed by atoms with Crippen LogP contribution in [0.15, 0.2) is 0 Å². The Bertz CT molecular complexity index is 440. The zero-order valence-corrected chi connectivity index (χ0v) is 10.9.